The molecule has 140 valence electrons. The summed E-state index contributed by atoms with van der Waals surface area (Å²) >= 11 is 11.4. The lowest BCUT2D eigenvalue weighted by molar-refractivity contribution is 0.0975. The highest BCUT2D eigenvalue weighted by Gasteiger charge is 2.23. The van der Waals surface area contributed by atoms with E-state index in [4.69, 9.17) is 28.3 Å². The van der Waals surface area contributed by atoms with Gasteiger partial charge in [-0.05, 0) is 31.6 Å². The highest BCUT2D eigenvalue weighted by Crippen LogP contribution is 2.30. The molecule has 0 aliphatic heterocycles. The first-order valence-electron chi connectivity index (χ1n) is 8.32. The maximum absolute atomic E-state index is 12.7. The van der Waals surface area contributed by atoms with Crippen molar-refractivity contribution in [3.63, 3.8) is 0 Å². The molecule has 0 radical (unpaired) electrons. The third kappa shape index (κ3) is 4.72. The van der Waals surface area contributed by atoms with Gasteiger partial charge in [0.2, 0.25) is 0 Å². The van der Waals surface area contributed by atoms with Crippen LogP contribution in [0.15, 0.2) is 47.5 Å². The van der Waals surface area contributed by atoms with E-state index in [0.29, 0.717) is 34.1 Å². The molecule has 1 amide bonds. The highest BCUT2D eigenvalue weighted by molar-refractivity contribution is 7.80. The topological polar surface area (TPSA) is 85.0 Å². The maximum atomic E-state index is 12.7. The zero-order valence-corrected chi connectivity index (χ0v) is 16.2. The molecule has 7 nitrogen and oxygen atoms in total. The first kappa shape index (κ1) is 19.1. The molecule has 0 fully saturated rings. The lowest BCUT2D eigenvalue weighted by atomic mass is 10.1. The molecular formula is C18H18ClN5O2S. The van der Waals surface area contributed by atoms with Crippen molar-refractivity contribution >= 4 is 34.8 Å². The van der Waals surface area contributed by atoms with Gasteiger partial charge in [-0.1, -0.05) is 35.0 Å². The van der Waals surface area contributed by atoms with Crippen LogP contribution in [-0.4, -0.2) is 32.3 Å². The van der Waals surface area contributed by atoms with Gasteiger partial charge in [0.05, 0.1) is 11.3 Å². The van der Waals surface area contributed by atoms with Crippen molar-refractivity contribution in [2.45, 2.75) is 19.9 Å². The number of benzene rings is 1. The molecule has 0 aliphatic carbocycles. The van der Waals surface area contributed by atoms with Gasteiger partial charge in [0.15, 0.2) is 5.11 Å². The monoisotopic (exact) mass is 403 g/mol. The van der Waals surface area contributed by atoms with Crippen LogP contribution in [-0.2, 0) is 6.54 Å². The Labute approximate surface area is 166 Å². The summed E-state index contributed by atoms with van der Waals surface area (Å²) in [4.78, 5) is 16.7. The standard InChI is InChI=1S/C18H18ClN5O2S/c1-12-15(16(23-26-12)13-5-2-3-6-14(13)19)17(25)22-18(27)21-7-4-9-24-10-8-20-11-24/h2-3,5-6,8,10-11H,4,7,9H2,1H3,(H2,21,22,25,27). The van der Waals surface area contributed by atoms with Gasteiger partial charge in [0, 0.05) is 31.0 Å². The number of carbonyl (C=O) groups is 1. The van der Waals surface area contributed by atoms with Crippen LogP contribution in [0.3, 0.4) is 0 Å². The van der Waals surface area contributed by atoms with E-state index in [9.17, 15) is 4.79 Å². The SMILES string of the molecule is Cc1onc(-c2ccccc2Cl)c1C(=O)NC(=S)NCCCn1ccnc1. The summed E-state index contributed by atoms with van der Waals surface area (Å²) in [6.45, 7) is 3.10. The van der Waals surface area contributed by atoms with Gasteiger partial charge in [-0.2, -0.15) is 0 Å². The maximum Gasteiger partial charge on any atom is 0.263 e. The predicted octanol–water partition coefficient (Wildman–Crippen LogP) is 3.19. The molecule has 0 saturated heterocycles. The number of hydrogen-bond acceptors (Lipinski definition) is 5. The van der Waals surface area contributed by atoms with Gasteiger partial charge in [-0.15, -0.1) is 0 Å². The molecule has 0 aliphatic rings. The Morgan fingerprint density at radius 1 is 1.37 bits per heavy atom. The Hall–Kier alpha value is -2.71. The van der Waals surface area contributed by atoms with Crippen LogP contribution < -0.4 is 10.6 Å². The van der Waals surface area contributed by atoms with Crippen LogP contribution in [0, 0.1) is 6.92 Å². The number of rotatable bonds is 6. The second-order valence-corrected chi connectivity index (χ2v) is 6.62. The Morgan fingerprint density at radius 2 is 2.19 bits per heavy atom. The summed E-state index contributed by atoms with van der Waals surface area (Å²) in [5, 5.41) is 10.4. The molecule has 0 atom stereocenters. The van der Waals surface area contributed by atoms with Crippen molar-refractivity contribution in [1.29, 1.82) is 0 Å². The smallest absolute Gasteiger partial charge is 0.263 e. The number of thiocarbonyl (C=S) groups is 1. The number of amides is 1. The Morgan fingerprint density at radius 3 is 2.93 bits per heavy atom. The molecule has 9 heteroatoms. The van der Waals surface area contributed by atoms with Gasteiger partial charge in [0.25, 0.3) is 5.91 Å². The fourth-order valence-electron chi connectivity index (χ4n) is 2.57. The second kappa shape index (κ2) is 8.79. The number of aryl methyl sites for hydroxylation is 2. The number of hydrogen-bond donors (Lipinski definition) is 2. The molecule has 0 bridgehead atoms. The second-order valence-electron chi connectivity index (χ2n) is 5.81. The van der Waals surface area contributed by atoms with Crippen LogP contribution in [0.1, 0.15) is 22.5 Å². The minimum Gasteiger partial charge on any atom is -0.362 e. The largest absolute Gasteiger partial charge is 0.362 e. The van der Waals surface area contributed by atoms with Crippen molar-refractivity contribution in [2.24, 2.45) is 0 Å². The van der Waals surface area contributed by atoms with E-state index >= 15 is 0 Å². The molecule has 0 spiro atoms. The third-order valence-electron chi connectivity index (χ3n) is 3.88. The number of aromatic nitrogens is 3. The van der Waals surface area contributed by atoms with Crippen LogP contribution in [0.25, 0.3) is 11.3 Å². The van der Waals surface area contributed by atoms with E-state index in [1.54, 1.807) is 37.6 Å². The van der Waals surface area contributed by atoms with E-state index in [0.717, 1.165) is 13.0 Å². The third-order valence-corrected chi connectivity index (χ3v) is 4.46. The molecule has 0 saturated carbocycles. The zero-order valence-electron chi connectivity index (χ0n) is 14.6. The lowest BCUT2D eigenvalue weighted by Crippen LogP contribution is -2.40. The van der Waals surface area contributed by atoms with Crippen LogP contribution >= 0.6 is 23.8 Å². The summed E-state index contributed by atoms with van der Waals surface area (Å²) in [5.74, 6) is 0.00102. The molecular weight excluding hydrogens is 386 g/mol. The zero-order chi connectivity index (χ0) is 19.2. The fourth-order valence-corrected chi connectivity index (χ4v) is 2.99. The number of carbonyl (C=O) groups excluding carboxylic acids is 1. The minimum atomic E-state index is -0.393. The van der Waals surface area contributed by atoms with E-state index in [1.807, 2.05) is 16.8 Å². The number of halogens is 1. The van der Waals surface area contributed by atoms with Gasteiger partial charge >= 0.3 is 0 Å². The first-order valence-corrected chi connectivity index (χ1v) is 9.11. The van der Waals surface area contributed by atoms with Gasteiger partial charge < -0.3 is 14.4 Å². The van der Waals surface area contributed by atoms with Gasteiger partial charge in [0.1, 0.15) is 17.0 Å². The van der Waals surface area contributed by atoms with Crippen LogP contribution in [0.2, 0.25) is 5.02 Å². The van der Waals surface area contributed by atoms with Crippen molar-refractivity contribution < 1.29 is 9.32 Å². The average Bonchev–Trinajstić information content (AvgIpc) is 3.29. The van der Waals surface area contributed by atoms with Crippen LogP contribution in [0.4, 0.5) is 0 Å². The molecule has 2 heterocycles. The summed E-state index contributed by atoms with van der Waals surface area (Å²) in [5.41, 5.74) is 1.32. The van der Waals surface area contributed by atoms with Crippen molar-refractivity contribution in [3.8, 4) is 11.3 Å². The average molecular weight is 404 g/mol. The number of nitrogens with one attached hydrogen (secondary N) is 2. The first-order chi connectivity index (χ1) is 13.1. The van der Waals surface area contributed by atoms with Crippen molar-refractivity contribution in [2.75, 3.05) is 6.54 Å². The predicted molar refractivity (Wildman–Crippen MR) is 107 cm³/mol. The molecule has 0 unspecified atom stereocenters. The van der Waals surface area contributed by atoms with Gasteiger partial charge in [-0.25, -0.2) is 4.98 Å². The van der Waals surface area contributed by atoms with Crippen molar-refractivity contribution in [3.05, 3.63) is 59.3 Å². The molecule has 27 heavy (non-hydrogen) atoms. The highest BCUT2D eigenvalue weighted by atomic mass is 35.5. The number of nitrogens with zero attached hydrogens (tertiary/aromatic N) is 3. The summed E-state index contributed by atoms with van der Waals surface area (Å²) in [6.07, 6.45) is 6.22. The Kier molecular flexibility index (Phi) is 6.20. The summed E-state index contributed by atoms with van der Waals surface area (Å²) in [6, 6.07) is 7.14. The normalized spacial score (nSPS) is 10.6. The van der Waals surface area contributed by atoms with E-state index in [2.05, 4.69) is 20.8 Å². The fraction of sp³-hybridized carbons (Fsp3) is 0.222. The van der Waals surface area contributed by atoms with E-state index in [-0.39, 0.29) is 5.11 Å². The molecule has 2 aromatic heterocycles. The Bertz CT molecular complexity index is 939. The summed E-state index contributed by atoms with van der Waals surface area (Å²) < 4.78 is 7.18. The summed E-state index contributed by atoms with van der Waals surface area (Å²) in [7, 11) is 0. The molecule has 1 aromatic carbocycles. The van der Waals surface area contributed by atoms with E-state index < -0.39 is 5.91 Å². The van der Waals surface area contributed by atoms with Crippen molar-refractivity contribution in [1.82, 2.24) is 25.3 Å². The quantitative estimate of drug-likeness (QED) is 0.485. The lowest BCUT2D eigenvalue weighted by Gasteiger charge is -2.10. The molecule has 3 rings (SSSR count). The van der Waals surface area contributed by atoms with E-state index in [1.165, 1.54) is 0 Å². The Balaban J connectivity index is 1.60. The van der Waals surface area contributed by atoms with Gasteiger partial charge in [-0.3, -0.25) is 10.1 Å². The molecule has 3 aromatic rings. The van der Waals surface area contributed by atoms with Crippen LogP contribution in [0.5, 0.6) is 0 Å². The number of imidazole rings is 1. The minimum absolute atomic E-state index is 0.247. The molecule has 2 N–H and O–H groups in total.